The molecule has 2 atom stereocenters. The highest BCUT2D eigenvalue weighted by Gasteiger charge is 2.14. The van der Waals surface area contributed by atoms with Crippen molar-refractivity contribution in [1.82, 2.24) is 0 Å². The molecule has 0 aromatic heterocycles. The van der Waals surface area contributed by atoms with Gasteiger partial charge in [0.05, 0.1) is 0 Å². The Morgan fingerprint density at radius 2 is 2.00 bits per heavy atom. The van der Waals surface area contributed by atoms with Crippen molar-refractivity contribution >= 4 is 0 Å². The van der Waals surface area contributed by atoms with Gasteiger partial charge in [-0.1, -0.05) is 51.7 Å². The Morgan fingerprint density at radius 1 is 1.25 bits per heavy atom. The standard InChI is InChI=1S/C16H25F2NO/c1-3-5-7-12(4-2)10-15(19)13-8-6-9-14(11-13)20-16(17)18/h6,8-9,11-12,15-16H,3-5,7,10,19H2,1-2H3. The molecule has 0 bridgehead atoms. The third-order valence-electron chi connectivity index (χ3n) is 3.64. The first-order chi connectivity index (χ1) is 9.56. The van der Waals surface area contributed by atoms with Crippen LogP contribution in [0.2, 0.25) is 0 Å². The highest BCUT2D eigenvalue weighted by Crippen LogP contribution is 2.27. The van der Waals surface area contributed by atoms with E-state index >= 15 is 0 Å². The zero-order valence-corrected chi connectivity index (χ0v) is 12.3. The fraction of sp³-hybridized carbons (Fsp3) is 0.625. The number of alkyl halides is 2. The second kappa shape index (κ2) is 8.90. The van der Waals surface area contributed by atoms with Crippen LogP contribution in [0.5, 0.6) is 5.75 Å². The van der Waals surface area contributed by atoms with Gasteiger partial charge in [-0.2, -0.15) is 8.78 Å². The monoisotopic (exact) mass is 285 g/mol. The Balaban J connectivity index is 2.63. The predicted molar refractivity (Wildman–Crippen MR) is 77.9 cm³/mol. The Hall–Kier alpha value is -1.16. The van der Waals surface area contributed by atoms with Crippen LogP contribution >= 0.6 is 0 Å². The lowest BCUT2D eigenvalue weighted by atomic mass is 9.89. The summed E-state index contributed by atoms with van der Waals surface area (Å²) in [6, 6.07) is 6.59. The van der Waals surface area contributed by atoms with Crippen LogP contribution < -0.4 is 10.5 Å². The third kappa shape index (κ3) is 5.87. The van der Waals surface area contributed by atoms with Crippen molar-refractivity contribution in [2.45, 2.75) is 58.6 Å². The number of benzene rings is 1. The molecule has 0 amide bonds. The Morgan fingerprint density at radius 3 is 2.60 bits per heavy atom. The number of rotatable bonds is 9. The minimum atomic E-state index is -2.80. The van der Waals surface area contributed by atoms with Gasteiger partial charge in [0.2, 0.25) is 0 Å². The van der Waals surface area contributed by atoms with E-state index in [9.17, 15) is 8.78 Å². The fourth-order valence-corrected chi connectivity index (χ4v) is 2.40. The highest BCUT2D eigenvalue weighted by molar-refractivity contribution is 5.30. The number of nitrogens with two attached hydrogens (primary N) is 1. The zero-order chi connectivity index (χ0) is 15.0. The molecule has 1 rings (SSSR count). The molecule has 0 aliphatic carbocycles. The average Bonchev–Trinajstić information content (AvgIpc) is 2.42. The van der Waals surface area contributed by atoms with Crippen LogP contribution in [0.3, 0.4) is 0 Å². The van der Waals surface area contributed by atoms with Crippen molar-refractivity contribution in [3.05, 3.63) is 29.8 Å². The van der Waals surface area contributed by atoms with Gasteiger partial charge >= 0.3 is 6.61 Å². The summed E-state index contributed by atoms with van der Waals surface area (Å²) in [7, 11) is 0. The van der Waals surface area contributed by atoms with Crippen molar-refractivity contribution in [3.63, 3.8) is 0 Å². The van der Waals surface area contributed by atoms with Gasteiger partial charge in [0.1, 0.15) is 5.75 Å². The first kappa shape index (κ1) is 16.9. The van der Waals surface area contributed by atoms with E-state index in [1.165, 1.54) is 25.3 Å². The minimum Gasteiger partial charge on any atom is -0.435 e. The van der Waals surface area contributed by atoms with E-state index in [0.717, 1.165) is 18.4 Å². The van der Waals surface area contributed by atoms with Crippen molar-refractivity contribution in [2.24, 2.45) is 11.7 Å². The lowest BCUT2D eigenvalue weighted by molar-refractivity contribution is -0.0499. The van der Waals surface area contributed by atoms with Gasteiger partial charge in [0.15, 0.2) is 0 Å². The van der Waals surface area contributed by atoms with E-state index in [4.69, 9.17) is 5.73 Å². The number of hydrogen-bond donors (Lipinski definition) is 1. The second-order valence-corrected chi connectivity index (χ2v) is 5.21. The van der Waals surface area contributed by atoms with Crippen LogP contribution in [0, 0.1) is 5.92 Å². The molecule has 0 aliphatic heterocycles. The van der Waals surface area contributed by atoms with Crippen molar-refractivity contribution in [2.75, 3.05) is 0 Å². The van der Waals surface area contributed by atoms with E-state index in [1.807, 2.05) is 6.07 Å². The summed E-state index contributed by atoms with van der Waals surface area (Å²) >= 11 is 0. The van der Waals surface area contributed by atoms with Crippen LogP contribution in [0.1, 0.15) is 57.6 Å². The molecule has 2 nitrogen and oxygen atoms in total. The zero-order valence-electron chi connectivity index (χ0n) is 12.3. The van der Waals surface area contributed by atoms with Crippen LogP contribution in [0.25, 0.3) is 0 Å². The highest BCUT2D eigenvalue weighted by atomic mass is 19.3. The molecule has 1 aromatic carbocycles. The fourth-order valence-electron chi connectivity index (χ4n) is 2.40. The van der Waals surface area contributed by atoms with E-state index in [0.29, 0.717) is 5.92 Å². The quantitative estimate of drug-likeness (QED) is 0.700. The number of ether oxygens (including phenoxy) is 1. The summed E-state index contributed by atoms with van der Waals surface area (Å²) in [6.45, 7) is 1.55. The normalized spacial score (nSPS) is 14.3. The molecule has 1 aromatic rings. The maximum Gasteiger partial charge on any atom is 0.387 e. The van der Waals surface area contributed by atoms with E-state index in [-0.39, 0.29) is 11.8 Å². The van der Waals surface area contributed by atoms with Gasteiger partial charge in [-0.25, -0.2) is 0 Å². The van der Waals surface area contributed by atoms with Crippen molar-refractivity contribution < 1.29 is 13.5 Å². The molecule has 0 fully saturated rings. The largest absolute Gasteiger partial charge is 0.435 e. The molecule has 0 heterocycles. The lowest BCUT2D eigenvalue weighted by Gasteiger charge is -2.20. The summed E-state index contributed by atoms with van der Waals surface area (Å²) in [5, 5.41) is 0. The van der Waals surface area contributed by atoms with Gasteiger partial charge in [0.25, 0.3) is 0 Å². The molecule has 0 saturated heterocycles. The van der Waals surface area contributed by atoms with E-state index in [2.05, 4.69) is 18.6 Å². The van der Waals surface area contributed by atoms with Crippen molar-refractivity contribution in [3.8, 4) is 5.75 Å². The van der Waals surface area contributed by atoms with Gasteiger partial charge in [-0.15, -0.1) is 0 Å². The molecule has 20 heavy (non-hydrogen) atoms. The molecule has 4 heteroatoms. The predicted octanol–water partition coefficient (Wildman–Crippen LogP) is 4.89. The Kier molecular flexibility index (Phi) is 7.52. The summed E-state index contributed by atoms with van der Waals surface area (Å²) in [6.07, 6.45) is 5.55. The SMILES string of the molecule is CCCCC(CC)CC(N)c1cccc(OC(F)F)c1. The molecule has 114 valence electrons. The number of halogens is 2. The number of unbranched alkanes of at least 4 members (excludes halogenated alkanes) is 1. The molecule has 0 radical (unpaired) electrons. The minimum absolute atomic E-state index is 0.127. The third-order valence-corrected chi connectivity index (χ3v) is 3.64. The average molecular weight is 285 g/mol. The lowest BCUT2D eigenvalue weighted by Crippen LogP contribution is -2.15. The summed E-state index contributed by atoms with van der Waals surface area (Å²) in [5.41, 5.74) is 7.06. The molecule has 0 spiro atoms. The van der Waals surface area contributed by atoms with E-state index < -0.39 is 6.61 Å². The Bertz CT molecular complexity index is 384. The summed E-state index contributed by atoms with van der Waals surface area (Å²) in [5.74, 6) is 0.763. The van der Waals surface area contributed by atoms with Gasteiger partial charge in [0, 0.05) is 6.04 Å². The summed E-state index contributed by atoms with van der Waals surface area (Å²) < 4.78 is 28.8. The first-order valence-electron chi connectivity index (χ1n) is 7.37. The topological polar surface area (TPSA) is 35.2 Å². The summed E-state index contributed by atoms with van der Waals surface area (Å²) in [4.78, 5) is 0. The molecule has 0 saturated carbocycles. The van der Waals surface area contributed by atoms with E-state index in [1.54, 1.807) is 12.1 Å². The second-order valence-electron chi connectivity index (χ2n) is 5.21. The maximum atomic E-state index is 12.2. The number of hydrogen-bond acceptors (Lipinski definition) is 2. The molecular weight excluding hydrogens is 260 g/mol. The molecular formula is C16H25F2NO. The maximum absolute atomic E-state index is 12.2. The molecule has 0 aliphatic rings. The van der Waals surface area contributed by atoms with Crippen LogP contribution in [-0.4, -0.2) is 6.61 Å². The van der Waals surface area contributed by atoms with Crippen LogP contribution in [-0.2, 0) is 0 Å². The smallest absolute Gasteiger partial charge is 0.387 e. The van der Waals surface area contributed by atoms with Gasteiger partial charge in [-0.3, -0.25) is 0 Å². The Labute approximate surface area is 120 Å². The van der Waals surface area contributed by atoms with Crippen LogP contribution in [0.15, 0.2) is 24.3 Å². The van der Waals surface area contributed by atoms with Crippen molar-refractivity contribution in [1.29, 1.82) is 0 Å². The molecule has 2 unspecified atom stereocenters. The first-order valence-corrected chi connectivity index (χ1v) is 7.37. The van der Waals surface area contributed by atoms with Gasteiger partial charge in [-0.05, 0) is 30.0 Å². The molecule has 2 N–H and O–H groups in total. The van der Waals surface area contributed by atoms with Crippen LogP contribution in [0.4, 0.5) is 8.78 Å². The van der Waals surface area contributed by atoms with Gasteiger partial charge < -0.3 is 10.5 Å².